The molecule has 1 heterocycles. The average molecular weight is 543 g/mol. The number of rotatable bonds is 10. The van der Waals surface area contributed by atoms with Crippen LogP contribution in [-0.2, 0) is 9.84 Å². The fourth-order valence-electron chi connectivity index (χ4n) is 4.06. The highest BCUT2D eigenvalue weighted by Gasteiger charge is 2.28. The molecule has 0 aliphatic carbocycles. The molecule has 3 N–H and O–H groups in total. The molecule has 3 aromatic carbocycles. The second-order valence-corrected chi connectivity index (χ2v) is 11.1. The van der Waals surface area contributed by atoms with E-state index >= 15 is 0 Å². The summed E-state index contributed by atoms with van der Waals surface area (Å²) in [6.07, 6.45) is 2.75. The van der Waals surface area contributed by atoms with Crippen LogP contribution in [0, 0.1) is 6.92 Å². The molecule has 4 aromatic rings. The maximum Gasteiger partial charge on any atom is 0.191 e. The van der Waals surface area contributed by atoms with Crippen LogP contribution in [0.1, 0.15) is 27.5 Å². The lowest BCUT2D eigenvalue weighted by molar-refractivity contribution is 0.0969. The summed E-state index contributed by atoms with van der Waals surface area (Å²) < 4.78 is 35.6. The van der Waals surface area contributed by atoms with Gasteiger partial charge in [0.25, 0.3) is 0 Å². The molecule has 0 saturated heterocycles. The number of methoxy groups -OCH3 is 1. The Balaban J connectivity index is 1.87. The molecule has 0 spiro atoms. The van der Waals surface area contributed by atoms with Gasteiger partial charge in [0.1, 0.15) is 24.1 Å². The Labute approximate surface area is 220 Å². The van der Waals surface area contributed by atoms with Gasteiger partial charge in [0.2, 0.25) is 0 Å². The number of ether oxygens (including phenoxy) is 2. The monoisotopic (exact) mass is 542 g/mol. The van der Waals surface area contributed by atoms with Crippen LogP contribution in [0.5, 0.6) is 11.5 Å². The van der Waals surface area contributed by atoms with Crippen LogP contribution >= 0.6 is 11.6 Å². The van der Waals surface area contributed by atoms with Crippen LogP contribution in [0.4, 0.5) is 5.69 Å². The topological polar surface area (TPSA) is 118 Å². The summed E-state index contributed by atoms with van der Waals surface area (Å²) in [5.74, 6) is 0.344. The SMILES string of the molecule is COc1cc(NC(C(=O)c2c[nH]c3cc(C)ccc23)c2ccc(Cl)cc2OCCO)cc(S(C)(=O)=O)c1. The number of Topliss-reactive ketones (excluding diaryl/α,β-unsaturated/α-hetero) is 1. The number of fused-ring (bicyclic) bond motifs is 1. The van der Waals surface area contributed by atoms with Gasteiger partial charge in [0.15, 0.2) is 15.6 Å². The van der Waals surface area contributed by atoms with E-state index in [-0.39, 0.29) is 23.9 Å². The van der Waals surface area contributed by atoms with Gasteiger partial charge in [0, 0.05) is 51.3 Å². The molecule has 0 amide bonds. The molecule has 1 aromatic heterocycles. The maximum absolute atomic E-state index is 14.1. The van der Waals surface area contributed by atoms with Crippen molar-refractivity contribution in [2.45, 2.75) is 17.9 Å². The Morgan fingerprint density at radius 1 is 1.14 bits per heavy atom. The summed E-state index contributed by atoms with van der Waals surface area (Å²) in [5, 5.41) is 13.6. The van der Waals surface area contributed by atoms with Crippen LogP contribution in [0.15, 0.2) is 65.7 Å². The van der Waals surface area contributed by atoms with E-state index in [1.54, 1.807) is 30.5 Å². The minimum absolute atomic E-state index is 0.00198. The number of aliphatic hydroxyl groups is 1. The number of aromatic nitrogens is 1. The largest absolute Gasteiger partial charge is 0.497 e. The fraction of sp³-hybridized carbons (Fsp3) is 0.222. The maximum atomic E-state index is 14.1. The van der Waals surface area contributed by atoms with Crippen molar-refractivity contribution in [2.75, 3.05) is 31.9 Å². The molecule has 1 atom stereocenters. The second-order valence-electron chi connectivity index (χ2n) is 8.62. The molecule has 0 bridgehead atoms. The number of benzene rings is 3. The molecule has 4 rings (SSSR count). The predicted molar refractivity (Wildman–Crippen MR) is 144 cm³/mol. The third-order valence-corrected chi connectivity index (χ3v) is 7.18. The van der Waals surface area contributed by atoms with Crippen molar-refractivity contribution in [3.63, 3.8) is 0 Å². The lowest BCUT2D eigenvalue weighted by Crippen LogP contribution is -2.22. The van der Waals surface area contributed by atoms with Crippen LogP contribution in [0.2, 0.25) is 5.02 Å². The summed E-state index contributed by atoms with van der Waals surface area (Å²) in [6, 6.07) is 14.1. The van der Waals surface area contributed by atoms with Crippen molar-refractivity contribution in [1.82, 2.24) is 4.98 Å². The van der Waals surface area contributed by atoms with E-state index in [9.17, 15) is 18.3 Å². The Bertz CT molecular complexity index is 1560. The van der Waals surface area contributed by atoms with Gasteiger partial charge < -0.3 is 24.9 Å². The number of aromatic amines is 1. The predicted octanol–water partition coefficient (Wildman–Crippen LogP) is 4.95. The molecule has 10 heteroatoms. The van der Waals surface area contributed by atoms with Crippen LogP contribution in [0.25, 0.3) is 10.9 Å². The summed E-state index contributed by atoms with van der Waals surface area (Å²) in [5.41, 5.74) is 3.13. The zero-order valence-electron chi connectivity index (χ0n) is 20.5. The number of anilines is 1. The van der Waals surface area contributed by atoms with E-state index in [2.05, 4.69) is 10.3 Å². The number of hydrogen-bond acceptors (Lipinski definition) is 7. The van der Waals surface area contributed by atoms with E-state index in [1.165, 1.54) is 19.2 Å². The fourth-order valence-corrected chi connectivity index (χ4v) is 4.90. The number of ketones is 1. The Morgan fingerprint density at radius 2 is 1.92 bits per heavy atom. The standard InChI is InChI=1S/C27H27ClN2O6S/c1-16-4-6-21-23(15-29-24(21)10-16)27(32)26(22-7-5-17(28)11-25(22)36-9-8-31)30-18-12-19(35-2)14-20(13-18)37(3,33)34/h4-7,10-15,26,29-31H,8-9H2,1-3H3. The molecule has 0 radical (unpaired) electrons. The molecule has 194 valence electrons. The van der Waals surface area contributed by atoms with Crippen molar-refractivity contribution in [3.05, 3.63) is 82.5 Å². The van der Waals surface area contributed by atoms with E-state index in [4.69, 9.17) is 21.1 Å². The van der Waals surface area contributed by atoms with Gasteiger partial charge in [-0.1, -0.05) is 29.8 Å². The van der Waals surface area contributed by atoms with Gasteiger partial charge in [-0.05, 0) is 42.8 Å². The van der Waals surface area contributed by atoms with E-state index in [0.717, 1.165) is 22.7 Å². The number of aryl methyl sites for hydroxylation is 1. The molecule has 1 unspecified atom stereocenters. The van der Waals surface area contributed by atoms with Gasteiger partial charge in [0.05, 0.1) is 18.6 Å². The third kappa shape index (κ3) is 5.90. The lowest BCUT2D eigenvalue weighted by Gasteiger charge is -2.23. The van der Waals surface area contributed by atoms with E-state index in [0.29, 0.717) is 33.3 Å². The average Bonchev–Trinajstić information content (AvgIpc) is 3.28. The van der Waals surface area contributed by atoms with Gasteiger partial charge in [-0.25, -0.2) is 8.42 Å². The first-order valence-corrected chi connectivity index (χ1v) is 13.7. The van der Waals surface area contributed by atoms with Gasteiger partial charge in [-0.15, -0.1) is 0 Å². The molecular weight excluding hydrogens is 516 g/mol. The van der Waals surface area contributed by atoms with Crippen LogP contribution in [-0.4, -0.2) is 50.9 Å². The Hall–Kier alpha value is -3.53. The summed E-state index contributed by atoms with van der Waals surface area (Å²) >= 11 is 6.21. The number of nitrogens with one attached hydrogen (secondary N) is 2. The zero-order valence-corrected chi connectivity index (χ0v) is 22.1. The van der Waals surface area contributed by atoms with Crippen molar-refractivity contribution in [1.29, 1.82) is 0 Å². The number of carbonyl (C=O) groups is 1. The summed E-state index contributed by atoms with van der Waals surface area (Å²) in [6.45, 7) is 1.73. The molecule has 37 heavy (non-hydrogen) atoms. The number of sulfone groups is 1. The minimum atomic E-state index is -3.56. The lowest BCUT2D eigenvalue weighted by atomic mass is 9.95. The van der Waals surface area contributed by atoms with Crippen molar-refractivity contribution < 1.29 is 27.8 Å². The normalized spacial score (nSPS) is 12.4. The van der Waals surface area contributed by atoms with Crippen molar-refractivity contribution >= 4 is 43.8 Å². The number of aliphatic hydroxyl groups excluding tert-OH is 1. The summed E-state index contributed by atoms with van der Waals surface area (Å²) in [7, 11) is -2.13. The number of halogens is 1. The van der Waals surface area contributed by atoms with E-state index < -0.39 is 15.9 Å². The quantitative estimate of drug-likeness (QED) is 0.243. The molecule has 8 nitrogen and oxygen atoms in total. The van der Waals surface area contributed by atoms with Crippen molar-refractivity contribution in [3.8, 4) is 11.5 Å². The number of H-pyrrole nitrogens is 1. The highest BCUT2D eigenvalue weighted by Crippen LogP contribution is 2.36. The molecule has 0 fully saturated rings. The van der Waals surface area contributed by atoms with Gasteiger partial charge in [-0.3, -0.25) is 4.79 Å². The smallest absolute Gasteiger partial charge is 0.191 e. The highest BCUT2D eigenvalue weighted by molar-refractivity contribution is 7.90. The second kappa shape index (κ2) is 10.8. The number of carbonyl (C=O) groups excluding carboxylic acids is 1. The minimum Gasteiger partial charge on any atom is -0.497 e. The molecule has 0 saturated carbocycles. The molecular formula is C27H27ClN2O6S. The number of hydrogen-bond donors (Lipinski definition) is 3. The molecule has 0 aliphatic heterocycles. The summed E-state index contributed by atoms with van der Waals surface area (Å²) in [4.78, 5) is 17.3. The Morgan fingerprint density at radius 3 is 2.62 bits per heavy atom. The van der Waals surface area contributed by atoms with Gasteiger partial charge >= 0.3 is 0 Å². The zero-order chi connectivity index (χ0) is 26.7. The van der Waals surface area contributed by atoms with Crippen LogP contribution < -0.4 is 14.8 Å². The first-order chi connectivity index (χ1) is 17.6. The van der Waals surface area contributed by atoms with Crippen LogP contribution in [0.3, 0.4) is 0 Å². The molecule has 0 aliphatic rings. The van der Waals surface area contributed by atoms with Gasteiger partial charge in [-0.2, -0.15) is 0 Å². The third-order valence-electron chi connectivity index (χ3n) is 5.86. The first-order valence-electron chi connectivity index (χ1n) is 11.4. The van der Waals surface area contributed by atoms with Crippen molar-refractivity contribution in [2.24, 2.45) is 0 Å². The highest BCUT2D eigenvalue weighted by atomic mass is 35.5. The Kier molecular flexibility index (Phi) is 7.77. The first kappa shape index (κ1) is 26.5. The van der Waals surface area contributed by atoms with E-state index in [1.807, 2.05) is 25.1 Å².